The van der Waals surface area contributed by atoms with Crippen LogP contribution >= 0.6 is 0 Å². The van der Waals surface area contributed by atoms with Crippen LogP contribution in [0.2, 0.25) is 0 Å². The normalized spacial score (nSPS) is 14.3. The van der Waals surface area contributed by atoms with Crippen molar-refractivity contribution in [2.24, 2.45) is 5.92 Å². The van der Waals surface area contributed by atoms with Crippen molar-refractivity contribution in [1.82, 2.24) is 9.88 Å². The largest absolute Gasteiger partial charge is 0.481 e. The second-order valence-electron chi connectivity index (χ2n) is 5.37. The molecule has 1 aliphatic carbocycles. The number of nitrogens with zero attached hydrogens (tertiary/aromatic N) is 2. The highest BCUT2D eigenvalue weighted by Crippen LogP contribution is 2.27. The van der Waals surface area contributed by atoms with E-state index in [0.717, 1.165) is 6.54 Å². The fourth-order valence-corrected chi connectivity index (χ4v) is 2.30. The smallest absolute Gasteiger partial charge is 0.321 e. The van der Waals surface area contributed by atoms with E-state index in [2.05, 4.69) is 10.3 Å². The van der Waals surface area contributed by atoms with Gasteiger partial charge < -0.3 is 15.3 Å². The van der Waals surface area contributed by atoms with Crippen LogP contribution in [0.5, 0.6) is 0 Å². The number of carbonyl (C=O) groups is 2. The van der Waals surface area contributed by atoms with E-state index in [1.165, 1.54) is 25.5 Å². The van der Waals surface area contributed by atoms with Crippen molar-refractivity contribution >= 4 is 17.7 Å². The molecule has 1 aliphatic rings. The molecule has 2 amide bonds. The number of pyridine rings is 1. The van der Waals surface area contributed by atoms with Gasteiger partial charge in [-0.15, -0.1) is 0 Å². The topological polar surface area (TPSA) is 82.5 Å². The summed E-state index contributed by atoms with van der Waals surface area (Å²) in [5.74, 6) is -0.288. The third-order valence-electron chi connectivity index (χ3n) is 3.78. The van der Waals surface area contributed by atoms with Gasteiger partial charge in [-0.1, -0.05) is 6.42 Å². The molecule has 6 nitrogen and oxygen atoms in total. The molecule has 0 saturated heterocycles. The SMILES string of the molecule is CCN(CC1CCC1)C(=O)Nc1ccc(CC(=O)O)nc1. The number of carbonyl (C=O) groups excluding carboxylic acids is 1. The van der Waals surface area contributed by atoms with Crippen molar-refractivity contribution in [3.63, 3.8) is 0 Å². The summed E-state index contributed by atoms with van der Waals surface area (Å²) in [6.45, 7) is 3.44. The number of amides is 2. The molecule has 21 heavy (non-hydrogen) atoms. The minimum absolute atomic E-state index is 0.114. The Bertz CT molecular complexity index is 497. The van der Waals surface area contributed by atoms with Gasteiger partial charge in [-0.05, 0) is 37.8 Å². The van der Waals surface area contributed by atoms with E-state index < -0.39 is 5.97 Å². The first-order valence-electron chi connectivity index (χ1n) is 7.31. The van der Waals surface area contributed by atoms with Crippen molar-refractivity contribution < 1.29 is 14.7 Å². The lowest BCUT2D eigenvalue weighted by molar-refractivity contribution is -0.136. The lowest BCUT2D eigenvalue weighted by Crippen LogP contribution is -2.39. The Morgan fingerprint density at radius 1 is 1.43 bits per heavy atom. The van der Waals surface area contributed by atoms with Crippen molar-refractivity contribution in [3.05, 3.63) is 24.0 Å². The summed E-state index contributed by atoms with van der Waals surface area (Å²) in [5, 5.41) is 11.5. The Balaban J connectivity index is 1.89. The first-order chi connectivity index (χ1) is 10.1. The number of rotatable bonds is 6. The highest BCUT2D eigenvalue weighted by molar-refractivity contribution is 5.89. The van der Waals surface area contributed by atoms with Crippen LogP contribution < -0.4 is 5.32 Å². The zero-order chi connectivity index (χ0) is 15.2. The molecule has 0 atom stereocenters. The van der Waals surface area contributed by atoms with Crippen LogP contribution in [-0.4, -0.2) is 40.1 Å². The molecular formula is C15H21N3O3. The zero-order valence-electron chi connectivity index (χ0n) is 12.2. The maximum Gasteiger partial charge on any atom is 0.321 e. The number of urea groups is 1. The summed E-state index contributed by atoms with van der Waals surface area (Å²) >= 11 is 0. The molecule has 2 rings (SSSR count). The van der Waals surface area contributed by atoms with Crippen LogP contribution in [0.1, 0.15) is 31.9 Å². The lowest BCUT2D eigenvalue weighted by atomic mass is 9.85. The van der Waals surface area contributed by atoms with E-state index >= 15 is 0 Å². The van der Waals surface area contributed by atoms with E-state index in [1.54, 1.807) is 17.0 Å². The molecule has 2 N–H and O–H groups in total. The predicted molar refractivity (Wildman–Crippen MR) is 79.2 cm³/mol. The van der Waals surface area contributed by atoms with E-state index in [9.17, 15) is 9.59 Å². The molecule has 0 aromatic carbocycles. The Hall–Kier alpha value is -2.11. The average Bonchev–Trinajstić information content (AvgIpc) is 2.39. The van der Waals surface area contributed by atoms with Gasteiger partial charge in [-0.25, -0.2) is 4.79 Å². The van der Waals surface area contributed by atoms with E-state index in [4.69, 9.17) is 5.11 Å². The molecular weight excluding hydrogens is 270 g/mol. The van der Waals surface area contributed by atoms with Gasteiger partial charge in [0.15, 0.2) is 0 Å². The summed E-state index contributed by atoms with van der Waals surface area (Å²) in [7, 11) is 0. The standard InChI is InChI=1S/C15H21N3O3/c1-2-18(10-11-4-3-5-11)15(21)17-13-7-6-12(16-9-13)8-14(19)20/h6-7,9,11H,2-5,8,10H2,1H3,(H,17,21)(H,19,20). The van der Waals surface area contributed by atoms with Crippen molar-refractivity contribution in [1.29, 1.82) is 0 Å². The van der Waals surface area contributed by atoms with Crippen LogP contribution in [0, 0.1) is 5.92 Å². The van der Waals surface area contributed by atoms with Gasteiger partial charge >= 0.3 is 12.0 Å². The monoisotopic (exact) mass is 291 g/mol. The number of carboxylic acid groups (broad SMARTS) is 1. The molecule has 6 heteroatoms. The second-order valence-corrected chi connectivity index (χ2v) is 5.37. The lowest BCUT2D eigenvalue weighted by Gasteiger charge is -2.31. The van der Waals surface area contributed by atoms with Gasteiger partial charge in [0.05, 0.1) is 24.0 Å². The van der Waals surface area contributed by atoms with Crippen molar-refractivity contribution in [3.8, 4) is 0 Å². The Morgan fingerprint density at radius 3 is 2.67 bits per heavy atom. The first kappa shape index (κ1) is 15.3. The van der Waals surface area contributed by atoms with Crippen molar-refractivity contribution in [2.45, 2.75) is 32.6 Å². The number of carboxylic acids is 1. The first-order valence-corrected chi connectivity index (χ1v) is 7.31. The maximum atomic E-state index is 12.2. The molecule has 1 fully saturated rings. The second kappa shape index (κ2) is 7.06. The molecule has 114 valence electrons. The quantitative estimate of drug-likeness (QED) is 0.843. The molecule has 0 bridgehead atoms. The van der Waals surface area contributed by atoms with Gasteiger partial charge in [0.25, 0.3) is 0 Å². The number of anilines is 1. The molecule has 1 aromatic rings. The zero-order valence-corrected chi connectivity index (χ0v) is 12.2. The molecule has 0 unspecified atom stereocenters. The van der Waals surface area contributed by atoms with Crippen LogP contribution in [-0.2, 0) is 11.2 Å². The molecule has 1 heterocycles. The Kier molecular flexibility index (Phi) is 5.14. The molecule has 0 radical (unpaired) electrons. The predicted octanol–water partition coefficient (Wildman–Crippen LogP) is 2.36. The Morgan fingerprint density at radius 2 is 2.19 bits per heavy atom. The number of aromatic nitrogens is 1. The van der Waals surface area contributed by atoms with Crippen LogP contribution in [0.25, 0.3) is 0 Å². The van der Waals surface area contributed by atoms with Crippen LogP contribution in [0.3, 0.4) is 0 Å². The number of hydrogen-bond donors (Lipinski definition) is 2. The molecule has 1 aromatic heterocycles. The van der Waals surface area contributed by atoms with Crippen LogP contribution in [0.15, 0.2) is 18.3 Å². The van der Waals surface area contributed by atoms with Gasteiger partial charge in [0.1, 0.15) is 0 Å². The molecule has 0 aliphatic heterocycles. The van der Waals surface area contributed by atoms with E-state index in [1.807, 2.05) is 6.92 Å². The van der Waals surface area contributed by atoms with E-state index in [-0.39, 0.29) is 12.5 Å². The Labute approximate surface area is 124 Å². The molecule has 1 saturated carbocycles. The highest BCUT2D eigenvalue weighted by Gasteiger charge is 2.22. The van der Waals surface area contributed by atoms with Gasteiger partial charge in [0, 0.05) is 13.1 Å². The minimum atomic E-state index is -0.919. The maximum absolute atomic E-state index is 12.2. The summed E-state index contributed by atoms with van der Waals surface area (Å²) in [4.78, 5) is 28.6. The van der Waals surface area contributed by atoms with Gasteiger partial charge in [-0.2, -0.15) is 0 Å². The number of nitrogens with one attached hydrogen (secondary N) is 1. The third kappa shape index (κ3) is 4.44. The summed E-state index contributed by atoms with van der Waals surface area (Å²) in [6, 6.07) is 3.17. The van der Waals surface area contributed by atoms with E-state index in [0.29, 0.717) is 23.8 Å². The molecule has 0 spiro atoms. The average molecular weight is 291 g/mol. The fourth-order valence-electron chi connectivity index (χ4n) is 2.30. The summed E-state index contributed by atoms with van der Waals surface area (Å²) < 4.78 is 0. The van der Waals surface area contributed by atoms with Gasteiger partial charge in [0.2, 0.25) is 0 Å². The fraction of sp³-hybridized carbons (Fsp3) is 0.533. The number of hydrogen-bond acceptors (Lipinski definition) is 3. The number of aliphatic carboxylic acids is 1. The van der Waals surface area contributed by atoms with Gasteiger partial charge in [-0.3, -0.25) is 9.78 Å². The van der Waals surface area contributed by atoms with Crippen LogP contribution in [0.4, 0.5) is 10.5 Å². The summed E-state index contributed by atoms with van der Waals surface area (Å²) in [5.41, 5.74) is 1.06. The highest BCUT2D eigenvalue weighted by atomic mass is 16.4. The third-order valence-corrected chi connectivity index (χ3v) is 3.78. The minimum Gasteiger partial charge on any atom is -0.481 e. The summed E-state index contributed by atoms with van der Waals surface area (Å²) in [6.07, 6.45) is 5.05. The van der Waals surface area contributed by atoms with Crippen molar-refractivity contribution in [2.75, 3.05) is 18.4 Å².